The van der Waals surface area contributed by atoms with Crippen molar-refractivity contribution in [3.63, 3.8) is 0 Å². The maximum Gasteiger partial charge on any atom is 0.419 e. The van der Waals surface area contributed by atoms with Crippen LogP contribution in [0.1, 0.15) is 30.9 Å². The second-order valence-electron chi connectivity index (χ2n) is 6.14. The molecule has 0 aliphatic carbocycles. The Morgan fingerprint density at radius 3 is 2.58 bits per heavy atom. The van der Waals surface area contributed by atoms with Gasteiger partial charge in [0.15, 0.2) is 0 Å². The van der Waals surface area contributed by atoms with Crippen LogP contribution in [0.4, 0.5) is 17.6 Å². The third-order valence-electron chi connectivity index (χ3n) is 4.62. The van der Waals surface area contributed by atoms with E-state index < -0.39 is 29.6 Å². The topological polar surface area (TPSA) is 40.6 Å². The summed E-state index contributed by atoms with van der Waals surface area (Å²) in [5.41, 5.74) is -1.23. The first-order valence-electron chi connectivity index (χ1n) is 7.66. The van der Waals surface area contributed by atoms with Gasteiger partial charge >= 0.3 is 6.18 Å². The van der Waals surface area contributed by atoms with Crippen LogP contribution in [0, 0.1) is 5.82 Å². The Hall–Kier alpha value is -2.12. The summed E-state index contributed by atoms with van der Waals surface area (Å²) in [7, 11) is 0. The average Bonchev–Trinajstić information content (AvgIpc) is 2.99. The highest BCUT2D eigenvalue weighted by atomic mass is 19.4. The van der Waals surface area contributed by atoms with Crippen molar-refractivity contribution in [2.75, 3.05) is 6.54 Å². The number of fused-ring (bicyclic) bond motifs is 1. The molecule has 24 heavy (non-hydrogen) atoms. The first kappa shape index (κ1) is 16.7. The lowest BCUT2D eigenvalue weighted by molar-refractivity contribution is -0.159. The molecule has 0 saturated carbocycles. The number of piperazine rings is 1. The zero-order valence-corrected chi connectivity index (χ0v) is 12.9. The molecule has 2 fully saturated rings. The van der Waals surface area contributed by atoms with E-state index in [1.54, 1.807) is 6.92 Å². The Kier molecular flexibility index (Phi) is 4.01. The number of nitrogens with zero attached hydrogens (tertiary/aromatic N) is 2. The third kappa shape index (κ3) is 2.74. The van der Waals surface area contributed by atoms with Gasteiger partial charge in [-0.3, -0.25) is 9.59 Å². The number of halogens is 4. The second-order valence-corrected chi connectivity index (χ2v) is 6.14. The summed E-state index contributed by atoms with van der Waals surface area (Å²) in [4.78, 5) is 27.7. The van der Waals surface area contributed by atoms with Crippen molar-refractivity contribution < 1.29 is 27.2 Å². The van der Waals surface area contributed by atoms with Crippen LogP contribution in [-0.2, 0) is 22.3 Å². The number of carbonyl (C=O) groups excluding carboxylic acids is 2. The molecule has 1 aromatic carbocycles. The first-order valence-corrected chi connectivity index (χ1v) is 7.66. The van der Waals surface area contributed by atoms with Crippen molar-refractivity contribution in [2.24, 2.45) is 0 Å². The van der Waals surface area contributed by atoms with E-state index in [0.29, 0.717) is 19.0 Å². The van der Waals surface area contributed by atoms with Crippen LogP contribution in [0.15, 0.2) is 18.2 Å². The van der Waals surface area contributed by atoms with Gasteiger partial charge in [-0.15, -0.1) is 0 Å². The lowest BCUT2D eigenvalue weighted by Crippen LogP contribution is -2.61. The molecule has 2 aliphatic rings. The lowest BCUT2D eigenvalue weighted by Gasteiger charge is -2.41. The van der Waals surface area contributed by atoms with Crippen molar-refractivity contribution in [1.82, 2.24) is 9.80 Å². The van der Waals surface area contributed by atoms with Gasteiger partial charge in [0, 0.05) is 13.1 Å². The Morgan fingerprint density at radius 1 is 1.21 bits per heavy atom. The molecule has 4 nitrogen and oxygen atoms in total. The van der Waals surface area contributed by atoms with Crippen LogP contribution in [-0.4, -0.2) is 40.2 Å². The molecule has 3 rings (SSSR count). The van der Waals surface area contributed by atoms with E-state index >= 15 is 0 Å². The predicted molar refractivity (Wildman–Crippen MR) is 76.1 cm³/mol. The number of carbonyl (C=O) groups is 2. The van der Waals surface area contributed by atoms with E-state index in [4.69, 9.17) is 0 Å². The third-order valence-corrected chi connectivity index (χ3v) is 4.62. The fourth-order valence-corrected chi connectivity index (χ4v) is 3.34. The van der Waals surface area contributed by atoms with Crippen LogP contribution >= 0.6 is 0 Å². The molecule has 0 bridgehead atoms. The van der Waals surface area contributed by atoms with Gasteiger partial charge in [0.25, 0.3) is 0 Å². The summed E-state index contributed by atoms with van der Waals surface area (Å²) < 4.78 is 51.8. The average molecular weight is 344 g/mol. The fourth-order valence-electron chi connectivity index (χ4n) is 3.34. The fraction of sp³-hybridized carbons (Fsp3) is 0.500. The van der Waals surface area contributed by atoms with Gasteiger partial charge in [0.1, 0.15) is 17.9 Å². The van der Waals surface area contributed by atoms with Gasteiger partial charge in [-0.25, -0.2) is 4.39 Å². The first-order chi connectivity index (χ1) is 11.2. The molecule has 0 N–H and O–H groups in total. The lowest BCUT2D eigenvalue weighted by atomic mass is 10.0. The summed E-state index contributed by atoms with van der Waals surface area (Å²) in [6, 6.07) is 1.36. The quantitative estimate of drug-likeness (QED) is 0.774. The highest BCUT2D eigenvalue weighted by Gasteiger charge is 2.46. The van der Waals surface area contributed by atoms with Crippen molar-refractivity contribution in [3.8, 4) is 0 Å². The maximum atomic E-state index is 13.4. The summed E-state index contributed by atoms with van der Waals surface area (Å²) in [6.07, 6.45) is -3.52. The van der Waals surface area contributed by atoms with Crippen molar-refractivity contribution in [1.29, 1.82) is 0 Å². The molecule has 2 amide bonds. The normalized spacial score (nSPS) is 24.5. The molecule has 0 radical (unpaired) electrons. The molecule has 0 aromatic heterocycles. The molecule has 2 saturated heterocycles. The molecular weight excluding hydrogens is 328 g/mol. The van der Waals surface area contributed by atoms with E-state index in [1.807, 2.05) is 0 Å². The zero-order chi connectivity index (χ0) is 17.6. The number of alkyl halides is 3. The van der Waals surface area contributed by atoms with Gasteiger partial charge < -0.3 is 9.80 Å². The largest absolute Gasteiger partial charge is 0.419 e. The number of amides is 2. The van der Waals surface area contributed by atoms with Gasteiger partial charge in [-0.2, -0.15) is 13.2 Å². The van der Waals surface area contributed by atoms with Crippen LogP contribution in [0.5, 0.6) is 0 Å². The number of hydrogen-bond acceptors (Lipinski definition) is 2. The molecule has 2 atom stereocenters. The number of benzene rings is 1. The maximum absolute atomic E-state index is 13.4. The zero-order valence-electron chi connectivity index (χ0n) is 12.9. The molecular formula is C16H16F4N2O2. The van der Waals surface area contributed by atoms with E-state index in [2.05, 4.69) is 0 Å². The molecule has 130 valence electrons. The minimum Gasteiger partial charge on any atom is -0.329 e. The summed E-state index contributed by atoms with van der Waals surface area (Å²) >= 11 is 0. The van der Waals surface area contributed by atoms with Crippen molar-refractivity contribution in [2.45, 2.75) is 44.6 Å². The van der Waals surface area contributed by atoms with E-state index in [9.17, 15) is 27.2 Å². The Bertz CT molecular complexity index is 689. The van der Waals surface area contributed by atoms with Crippen LogP contribution in [0.25, 0.3) is 0 Å². The summed E-state index contributed by atoms with van der Waals surface area (Å²) in [6.45, 7) is 1.94. The molecule has 1 aromatic rings. The van der Waals surface area contributed by atoms with Gasteiger partial charge in [-0.05, 0) is 37.5 Å². The summed E-state index contributed by atoms with van der Waals surface area (Å²) in [5.74, 6) is -1.82. The van der Waals surface area contributed by atoms with Crippen molar-refractivity contribution in [3.05, 3.63) is 35.1 Å². The number of rotatable bonds is 2. The van der Waals surface area contributed by atoms with E-state index in [1.165, 1.54) is 15.9 Å². The van der Waals surface area contributed by atoms with Crippen molar-refractivity contribution >= 4 is 11.8 Å². The van der Waals surface area contributed by atoms with Gasteiger partial charge in [-0.1, -0.05) is 6.07 Å². The molecule has 0 unspecified atom stereocenters. The van der Waals surface area contributed by atoms with E-state index in [-0.39, 0.29) is 23.9 Å². The van der Waals surface area contributed by atoms with Gasteiger partial charge in [0.05, 0.1) is 5.56 Å². The monoisotopic (exact) mass is 344 g/mol. The molecule has 8 heteroatoms. The Morgan fingerprint density at radius 2 is 1.92 bits per heavy atom. The minimum absolute atomic E-state index is 0.142. The SMILES string of the molecule is C[C@H]1C(=O)N2CCC[C@H]2C(=O)N1Cc1ccc(F)c(C(F)(F)F)c1. The number of hydrogen-bond donors (Lipinski definition) is 0. The van der Waals surface area contributed by atoms with Crippen LogP contribution < -0.4 is 0 Å². The standard InChI is InChI=1S/C16H16F4N2O2/c1-9-14(23)21-6-2-3-13(21)15(24)22(9)8-10-4-5-12(17)11(7-10)16(18,19)20/h4-5,7,9,13H,2-3,6,8H2,1H3/t9-,13-/m0/s1. The highest BCUT2D eigenvalue weighted by molar-refractivity contribution is 5.97. The summed E-state index contributed by atoms with van der Waals surface area (Å²) in [5, 5.41) is 0. The minimum atomic E-state index is -4.81. The molecule has 2 heterocycles. The highest BCUT2D eigenvalue weighted by Crippen LogP contribution is 2.33. The second kappa shape index (κ2) is 5.75. The van der Waals surface area contributed by atoms with Crippen LogP contribution in [0.2, 0.25) is 0 Å². The Labute approximate surface area is 136 Å². The van der Waals surface area contributed by atoms with E-state index in [0.717, 1.165) is 12.5 Å². The molecule has 2 aliphatic heterocycles. The molecule has 0 spiro atoms. The predicted octanol–water partition coefficient (Wildman–Crippen LogP) is 2.57. The van der Waals surface area contributed by atoms with Crippen LogP contribution in [0.3, 0.4) is 0 Å². The smallest absolute Gasteiger partial charge is 0.329 e. The van der Waals surface area contributed by atoms with Gasteiger partial charge in [0.2, 0.25) is 11.8 Å². The Balaban J connectivity index is 1.88.